The van der Waals surface area contributed by atoms with Crippen molar-refractivity contribution in [3.05, 3.63) is 47.5 Å². The predicted molar refractivity (Wildman–Crippen MR) is 69.1 cm³/mol. The zero-order valence-corrected chi connectivity index (χ0v) is 10.1. The first-order valence-corrected chi connectivity index (χ1v) is 5.49. The van der Waals surface area contributed by atoms with Crippen LogP contribution in [0.5, 0.6) is 0 Å². The van der Waals surface area contributed by atoms with Crippen LogP contribution in [0.1, 0.15) is 18.1 Å². The molecule has 0 aliphatic heterocycles. The van der Waals surface area contributed by atoms with Gasteiger partial charge in [-0.2, -0.15) is 0 Å². The second kappa shape index (κ2) is 6.74. The van der Waals surface area contributed by atoms with Gasteiger partial charge in [-0.25, -0.2) is 0 Å². The maximum absolute atomic E-state index is 9.00. The van der Waals surface area contributed by atoms with Crippen molar-refractivity contribution < 1.29 is 20.1 Å². The fourth-order valence-electron chi connectivity index (χ4n) is 1.54. The van der Waals surface area contributed by atoms with E-state index in [-0.39, 0.29) is 13.2 Å². The van der Waals surface area contributed by atoms with E-state index < -0.39 is 5.97 Å². The zero-order chi connectivity index (χ0) is 13.5. The molecule has 2 aromatic carbocycles. The first kappa shape index (κ1) is 14.2. The maximum atomic E-state index is 9.00. The average molecular weight is 248 g/mol. The Morgan fingerprint density at radius 2 is 1.28 bits per heavy atom. The van der Waals surface area contributed by atoms with Crippen LogP contribution >= 0.6 is 0 Å². The van der Waals surface area contributed by atoms with Gasteiger partial charge in [-0.05, 0) is 34.0 Å². The van der Waals surface area contributed by atoms with Gasteiger partial charge in [0.05, 0.1) is 13.2 Å². The molecular weight excluding hydrogens is 232 g/mol. The highest BCUT2D eigenvalue weighted by Crippen LogP contribution is 2.18. The van der Waals surface area contributed by atoms with E-state index in [9.17, 15) is 0 Å². The maximum Gasteiger partial charge on any atom is 0.300 e. The van der Waals surface area contributed by atoms with Gasteiger partial charge in [0.25, 0.3) is 5.97 Å². The Hall–Kier alpha value is -1.91. The molecule has 96 valence electrons. The van der Waals surface area contributed by atoms with E-state index in [1.165, 1.54) is 0 Å². The fourth-order valence-corrected chi connectivity index (χ4v) is 1.54. The number of fused-ring (bicyclic) bond motifs is 1. The standard InChI is InChI=1S/C12H12O2.C2H4O2/c13-7-9-1-3-11-6-10(8-14)2-4-12(11)5-9;1-2(3)4/h1-6,13-14H,7-8H2;1H3,(H,3,4). The van der Waals surface area contributed by atoms with Crippen LogP contribution in [0.25, 0.3) is 10.8 Å². The summed E-state index contributed by atoms with van der Waals surface area (Å²) in [6, 6.07) is 11.6. The van der Waals surface area contributed by atoms with Crippen molar-refractivity contribution in [1.82, 2.24) is 0 Å². The molecule has 0 atom stereocenters. The molecule has 18 heavy (non-hydrogen) atoms. The smallest absolute Gasteiger partial charge is 0.300 e. The van der Waals surface area contributed by atoms with Crippen molar-refractivity contribution in [2.45, 2.75) is 20.1 Å². The number of carboxylic acids is 1. The Labute approximate surface area is 105 Å². The summed E-state index contributed by atoms with van der Waals surface area (Å²) in [5.74, 6) is -0.833. The van der Waals surface area contributed by atoms with Crippen molar-refractivity contribution in [3.63, 3.8) is 0 Å². The minimum Gasteiger partial charge on any atom is -0.481 e. The Balaban J connectivity index is 0.000000357. The van der Waals surface area contributed by atoms with E-state index in [2.05, 4.69) is 0 Å². The molecule has 0 unspecified atom stereocenters. The summed E-state index contributed by atoms with van der Waals surface area (Å²) in [5, 5.41) is 27.5. The number of benzene rings is 2. The molecule has 2 aromatic rings. The van der Waals surface area contributed by atoms with Crippen LogP contribution in [0.3, 0.4) is 0 Å². The monoisotopic (exact) mass is 248 g/mol. The zero-order valence-electron chi connectivity index (χ0n) is 10.1. The minimum atomic E-state index is -0.833. The molecule has 0 amide bonds. The van der Waals surface area contributed by atoms with Gasteiger partial charge in [-0.1, -0.05) is 24.3 Å². The van der Waals surface area contributed by atoms with Crippen LogP contribution in [0, 0.1) is 0 Å². The summed E-state index contributed by atoms with van der Waals surface area (Å²) in [5.41, 5.74) is 1.82. The Bertz CT molecular complexity index is 487. The summed E-state index contributed by atoms with van der Waals surface area (Å²) in [7, 11) is 0. The highest BCUT2D eigenvalue weighted by molar-refractivity contribution is 5.83. The Kier molecular flexibility index (Phi) is 5.30. The molecule has 0 bridgehead atoms. The lowest BCUT2D eigenvalue weighted by Gasteiger charge is -2.02. The molecule has 0 saturated carbocycles. The second-order valence-electron chi connectivity index (χ2n) is 3.85. The second-order valence-corrected chi connectivity index (χ2v) is 3.85. The first-order valence-electron chi connectivity index (χ1n) is 5.49. The lowest BCUT2D eigenvalue weighted by atomic mass is 10.0. The number of hydrogen-bond acceptors (Lipinski definition) is 3. The van der Waals surface area contributed by atoms with Gasteiger partial charge in [0.2, 0.25) is 0 Å². The third kappa shape index (κ3) is 4.16. The third-order valence-electron chi connectivity index (χ3n) is 2.33. The molecule has 4 heteroatoms. The van der Waals surface area contributed by atoms with Crippen molar-refractivity contribution in [2.75, 3.05) is 0 Å². The van der Waals surface area contributed by atoms with Crippen LogP contribution in [-0.2, 0) is 18.0 Å². The molecule has 0 heterocycles. The number of aliphatic hydroxyl groups excluding tert-OH is 2. The molecule has 3 N–H and O–H groups in total. The van der Waals surface area contributed by atoms with E-state index in [0.29, 0.717) is 0 Å². The highest BCUT2D eigenvalue weighted by atomic mass is 16.4. The minimum absolute atomic E-state index is 0.0672. The van der Waals surface area contributed by atoms with E-state index in [1.807, 2.05) is 36.4 Å². The lowest BCUT2D eigenvalue weighted by Crippen LogP contribution is -1.85. The van der Waals surface area contributed by atoms with Crippen LogP contribution in [-0.4, -0.2) is 21.3 Å². The lowest BCUT2D eigenvalue weighted by molar-refractivity contribution is -0.134. The van der Waals surface area contributed by atoms with Crippen LogP contribution in [0.2, 0.25) is 0 Å². The fraction of sp³-hybridized carbons (Fsp3) is 0.214. The number of hydrogen-bond donors (Lipinski definition) is 3. The largest absolute Gasteiger partial charge is 0.481 e. The van der Waals surface area contributed by atoms with E-state index in [0.717, 1.165) is 28.8 Å². The van der Waals surface area contributed by atoms with Crippen LogP contribution in [0.4, 0.5) is 0 Å². The van der Waals surface area contributed by atoms with E-state index >= 15 is 0 Å². The van der Waals surface area contributed by atoms with Crippen LogP contribution in [0.15, 0.2) is 36.4 Å². The van der Waals surface area contributed by atoms with Crippen molar-refractivity contribution in [1.29, 1.82) is 0 Å². The topological polar surface area (TPSA) is 77.8 Å². The molecule has 0 spiro atoms. The Morgan fingerprint density at radius 1 is 0.944 bits per heavy atom. The van der Waals surface area contributed by atoms with Crippen LogP contribution < -0.4 is 0 Å². The van der Waals surface area contributed by atoms with Gasteiger partial charge in [-0.3, -0.25) is 4.79 Å². The molecule has 0 fully saturated rings. The van der Waals surface area contributed by atoms with Gasteiger partial charge in [0.15, 0.2) is 0 Å². The normalized spacial score (nSPS) is 9.72. The van der Waals surface area contributed by atoms with Gasteiger partial charge in [0.1, 0.15) is 0 Å². The number of carbonyl (C=O) groups is 1. The quantitative estimate of drug-likeness (QED) is 0.758. The molecule has 2 rings (SSSR count). The summed E-state index contributed by atoms with van der Waals surface area (Å²) < 4.78 is 0. The molecule has 0 aliphatic carbocycles. The van der Waals surface area contributed by atoms with Crippen molar-refractivity contribution in [3.8, 4) is 0 Å². The number of aliphatic hydroxyl groups is 2. The summed E-state index contributed by atoms with van der Waals surface area (Å²) in [6.45, 7) is 1.22. The molecule has 0 aromatic heterocycles. The van der Waals surface area contributed by atoms with E-state index in [1.54, 1.807) is 0 Å². The number of rotatable bonds is 2. The molecule has 0 radical (unpaired) electrons. The number of aliphatic carboxylic acids is 1. The van der Waals surface area contributed by atoms with Gasteiger partial charge in [-0.15, -0.1) is 0 Å². The van der Waals surface area contributed by atoms with Gasteiger partial charge >= 0.3 is 0 Å². The predicted octanol–water partition coefficient (Wildman–Crippen LogP) is 1.92. The van der Waals surface area contributed by atoms with Crippen molar-refractivity contribution in [2.24, 2.45) is 0 Å². The summed E-state index contributed by atoms with van der Waals surface area (Å²) in [4.78, 5) is 9.00. The van der Waals surface area contributed by atoms with Gasteiger partial charge < -0.3 is 15.3 Å². The number of carboxylic acid groups (broad SMARTS) is 1. The molecule has 0 aliphatic rings. The van der Waals surface area contributed by atoms with Gasteiger partial charge in [0, 0.05) is 6.92 Å². The molecule has 0 saturated heterocycles. The van der Waals surface area contributed by atoms with E-state index in [4.69, 9.17) is 20.1 Å². The van der Waals surface area contributed by atoms with Crippen molar-refractivity contribution >= 4 is 16.7 Å². The molecular formula is C14H16O4. The third-order valence-corrected chi connectivity index (χ3v) is 2.33. The first-order chi connectivity index (χ1) is 8.56. The highest BCUT2D eigenvalue weighted by Gasteiger charge is 1.97. The average Bonchev–Trinajstić information content (AvgIpc) is 2.36. The summed E-state index contributed by atoms with van der Waals surface area (Å²) in [6.07, 6.45) is 0. The Morgan fingerprint density at radius 3 is 1.56 bits per heavy atom. The summed E-state index contributed by atoms with van der Waals surface area (Å²) >= 11 is 0. The SMILES string of the molecule is CC(=O)O.OCc1ccc2cc(CO)ccc2c1. The molecule has 4 nitrogen and oxygen atoms in total.